The van der Waals surface area contributed by atoms with Crippen LogP contribution in [0.3, 0.4) is 0 Å². The number of hydrogen-bond donors (Lipinski definition) is 2. The zero-order chi connectivity index (χ0) is 18.8. The van der Waals surface area contributed by atoms with Crippen LogP contribution >= 0.6 is 0 Å². The number of aromatic nitrogens is 3. The number of nitrogens with two attached hydrogens (primary N) is 2. The first-order chi connectivity index (χ1) is 13.1. The third kappa shape index (κ3) is 3.62. The predicted molar refractivity (Wildman–Crippen MR) is 110 cm³/mol. The predicted octanol–water partition coefficient (Wildman–Crippen LogP) is 2.34. The minimum absolute atomic E-state index is 0.206. The first-order valence-electron chi connectivity index (χ1n) is 9.01. The van der Waals surface area contributed by atoms with Gasteiger partial charge in [0.15, 0.2) is 5.82 Å². The average Bonchev–Trinajstić information content (AvgIpc) is 2.69. The van der Waals surface area contributed by atoms with Crippen LogP contribution in [0.25, 0.3) is 11.1 Å². The number of benzene rings is 1. The van der Waals surface area contributed by atoms with E-state index in [0.29, 0.717) is 5.82 Å². The smallest absolute Gasteiger partial charge is 0.222 e. The molecule has 1 aliphatic rings. The SMILES string of the molecule is Cc1ccc(-c2cccc(N3CCN(c4cnc(N)nc4N)CC3)c2)cn1. The van der Waals surface area contributed by atoms with E-state index in [1.54, 1.807) is 6.20 Å². The van der Waals surface area contributed by atoms with E-state index in [0.717, 1.165) is 43.1 Å². The Hall–Kier alpha value is -3.35. The van der Waals surface area contributed by atoms with E-state index < -0.39 is 0 Å². The Morgan fingerprint density at radius 2 is 1.63 bits per heavy atom. The Balaban J connectivity index is 1.48. The van der Waals surface area contributed by atoms with Crippen LogP contribution in [-0.2, 0) is 0 Å². The van der Waals surface area contributed by atoms with Crippen LogP contribution in [0.1, 0.15) is 5.69 Å². The van der Waals surface area contributed by atoms with Crippen LogP contribution in [0.4, 0.5) is 23.1 Å². The molecule has 2 aromatic heterocycles. The summed E-state index contributed by atoms with van der Waals surface area (Å²) in [6.45, 7) is 5.51. The molecule has 0 aliphatic carbocycles. The number of piperazine rings is 1. The van der Waals surface area contributed by atoms with E-state index >= 15 is 0 Å². The van der Waals surface area contributed by atoms with Crippen molar-refractivity contribution in [3.05, 3.63) is 54.5 Å². The van der Waals surface area contributed by atoms with Gasteiger partial charge in [0.25, 0.3) is 0 Å². The number of anilines is 4. The lowest BCUT2D eigenvalue weighted by Gasteiger charge is -2.37. The molecule has 0 spiro atoms. The maximum absolute atomic E-state index is 6.00. The van der Waals surface area contributed by atoms with Crippen molar-refractivity contribution in [2.75, 3.05) is 47.4 Å². The van der Waals surface area contributed by atoms with Crippen LogP contribution in [0.15, 0.2) is 48.8 Å². The summed E-state index contributed by atoms with van der Waals surface area (Å²) in [5.74, 6) is 0.641. The summed E-state index contributed by atoms with van der Waals surface area (Å²) in [6.07, 6.45) is 3.63. The Morgan fingerprint density at radius 3 is 2.33 bits per heavy atom. The third-order valence-corrected chi connectivity index (χ3v) is 4.89. The van der Waals surface area contributed by atoms with E-state index in [1.165, 1.54) is 11.3 Å². The Morgan fingerprint density at radius 1 is 0.852 bits per heavy atom. The molecule has 1 fully saturated rings. The molecule has 7 heteroatoms. The van der Waals surface area contributed by atoms with E-state index in [2.05, 4.69) is 55.1 Å². The van der Waals surface area contributed by atoms with Gasteiger partial charge in [0.2, 0.25) is 5.95 Å². The van der Waals surface area contributed by atoms with Crippen LogP contribution in [0.5, 0.6) is 0 Å². The first-order valence-corrected chi connectivity index (χ1v) is 9.01. The number of rotatable bonds is 3. The minimum Gasteiger partial charge on any atom is -0.382 e. The molecule has 0 saturated carbocycles. The van der Waals surface area contributed by atoms with Crippen molar-refractivity contribution < 1.29 is 0 Å². The highest BCUT2D eigenvalue weighted by atomic mass is 15.3. The normalized spacial score (nSPS) is 14.4. The van der Waals surface area contributed by atoms with Gasteiger partial charge in [0.1, 0.15) is 0 Å². The molecule has 7 nitrogen and oxygen atoms in total. The van der Waals surface area contributed by atoms with E-state index in [9.17, 15) is 0 Å². The van der Waals surface area contributed by atoms with Crippen molar-refractivity contribution in [1.29, 1.82) is 0 Å². The van der Waals surface area contributed by atoms with E-state index in [4.69, 9.17) is 11.5 Å². The maximum Gasteiger partial charge on any atom is 0.222 e. The number of nitrogens with zero attached hydrogens (tertiary/aromatic N) is 5. The quantitative estimate of drug-likeness (QED) is 0.739. The van der Waals surface area contributed by atoms with Gasteiger partial charge in [0, 0.05) is 49.3 Å². The van der Waals surface area contributed by atoms with Crippen molar-refractivity contribution >= 4 is 23.1 Å². The molecule has 0 atom stereocenters. The highest BCUT2D eigenvalue weighted by molar-refractivity contribution is 5.69. The van der Waals surface area contributed by atoms with Gasteiger partial charge < -0.3 is 21.3 Å². The summed E-state index contributed by atoms with van der Waals surface area (Å²) >= 11 is 0. The Bertz CT molecular complexity index is 931. The summed E-state index contributed by atoms with van der Waals surface area (Å²) in [4.78, 5) is 17.1. The summed E-state index contributed by atoms with van der Waals surface area (Å²) < 4.78 is 0. The Labute approximate surface area is 158 Å². The molecule has 4 rings (SSSR count). The highest BCUT2D eigenvalue weighted by Crippen LogP contribution is 2.27. The summed E-state index contributed by atoms with van der Waals surface area (Å²) in [7, 11) is 0. The second kappa shape index (κ2) is 7.11. The van der Waals surface area contributed by atoms with Gasteiger partial charge in [-0.2, -0.15) is 4.98 Å². The van der Waals surface area contributed by atoms with Crippen molar-refractivity contribution in [3.8, 4) is 11.1 Å². The summed E-state index contributed by atoms with van der Waals surface area (Å²) in [5.41, 5.74) is 17.0. The lowest BCUT2D eigenvalue weighted by molar-refractivity contribution is 0.652. The van der Waals surface area contributed by atoms with Crippen molar-refractivity contribution in [2.24, 2.45) is 0 Å². The van der Waals surface area contributed by atoms with Gasteiger partial charge in [-0.05, 0) is 30.7 Å². The molecule has 0 radical (unpaired) electrons. The fraction of sp³-hybridized carbons (Fsp3) is 0.250. The van der Waals surface area contributed by atoms with Gasteiger partial charge in [-0.15, -0.1) is 0 Å². The fourth-order valence-corrected chi connectivity index (χ4v) is 3.37. The molecule has 4 N–H and O–H groups in total. The van der Waals surface area contributed by atoms with Gasteiger partial charge in [-0.1, -0.05) is 18.2 Å². The number of pyridine rings is 1. The highest BCUT2D eigenvalue weighted by Gasteiger charge is 2.20. The van der Waals surface area contributed by atoms with Crippen LogP contribution < -0.4 is 21.3 Å². The van der Waals surface area contributed by atoms with Crippen LogP contribution in [-0.4, -0.2) is 41.1 Å². The Kier molecular flexibility index (Phi) is 4.50. The second-order valence-corrected chi connectivity index (χ2v) is 6.71. The van der Waals surface area contributed by atoms with Crippen molar-refractivity contribution in [1.82, 2.24) is 15.0 Å². The zero-order valence-electron chi connectivity index (χ0n) is 15.3. The number of hydrogen-bond acceptors (Lipinski definition) is 7. The molecular formula is C20H23N7. The average molecular weight is 361 g/mol. The van der Waals surface area contributed by atoms with Gasteiger partial charge in [0.05, 0.1) is 11.9 Å². The molecule has 0 bridgehead atoms. The summed E-state index contributed by atoms with van der Waals surface area (Å²) in [5, 5.41) is 0. The molecule has 3 aromatic rings. The standard InChI is InChI=1S/C20H23N7/c1-14-5-6-16(12-23-14)15-3-2-4-17(11-15)26-7-9-27(10-8-26)18-13-24-20(22)25-19(18)21/h2-6,11-13H,7-10H2,1H3,(H4,21,22,24,25). The van der Waals surface area contributed by atoms with Crippen molar-refractivity contribution in [3.63, 3.8) is 0 Å². The molecular weight excluding hydrogens is 338 g/mol. The lowest BCUT2D eigenvalue weighted by atomic mass is 10.1. The van der Waals surface area contributed by atoms with Crippen LogP contribution in [0, 0.1) is 6.92 Å². The molecule has 1 saturated heterocycles. The minimum atomic E-state index is 0.206. The summed E-state index contributed by atoms with van der Waals surface area (Å²) in [6, 6.07) is 12.8. The third-order valence-electron chi connectivity index (χ3n) is 4.89. The van der Waals surface area contributed by atoms with E-state index in [-0.39, 0.29) is 5.95 Å². The van der Waals surface area contributed by atoms with Gasteiger partial charge in [-0.3, -0.25) is 4.98 Å². The van der Waals surface area contributed by atoms with E-state index in [1.807, 2.05) is 19.2 Å². The largest absolute Gasteiger partial charge is 0.382 e. The molecule has 138 valence electrons. The molecule has 0 amide bonds. The molecule has 27 heavy (non-hydrogen) atoms. The zero-order valence-corrected chi connectivity index (χ0v) is 15.3. The maximum atomic E-state index is 6.00. The number of aryl methyl sites for hydroxylation is 1. The first kappa shape index (κ1) is 17.1. The molecule has 3 heterocycles. The number of nitrogen functional groups attached to an aromatic ring is 2. The molecule has 1 aliphatic heterocycles. The van der Waals surface area contributed by atoms with Crippen molar-refractivity contribution in [2.45, 2.75) is 6.92 Å². The lowest BCUT2D eigenvalue weighted by Crippen LogP contribution is -2.46. The topological polar surface area (TPSA) is 97.2 Å². The van der Waals surface area contributed by atoms with Gasteiger partial charge in [-0.25, -0.2) is 4.98 Å². The molecule has 0 unspecified atom stereocenters. The van der Waals surface area contributed by atoms with Crippen LogP contribution in [0.2, 0.25) is 0 Å². The van der Waals surface area contributed by atoms with Gasteiger partial charge >= 0.3 is 0 Å². The second-order valence-electron chi connectivity index (χ2n) is 6.71. The molecule has 1 aromatic carbocycles. The fourth-order valence-electron chi connectivity index (χ4n) is 3.37. The monoisotopic (exact) mass is 361 g/mol.